The lowest BCUT2D eigenvalue weighted by molar-refractivity contribution is -0.139. The van der Waals surface area contributed by atoms with Crippen molar-refractivity contribution in [1.82, 2.24) is 5.32 Å². The van der Waals surface area contributed by atoms with Gasteiger partial charge in [0.15, 0.2) is 0 Å². The van der Waals surface area contributed by atoms with Crippen molar-refractivity contribution in [3.05, 3.63) is 34.4 Å². The first-order valence-electron chi connectivity index (χ1n) is 6.70. The first-order valence-corrected chi connectivity index (χ1v) is 7.08. The summed E-state index contributed by atoms with van der Waals surface area (Å²) < 4.78 is 27.7. The van der Waals surface area contributed by atoms with Gasteiger partial charge in [-0.1, -0.05) is 32.4 Å². The van der Waals surface area contributed by atoms with E-state index < -0.39 is 34.5 Å². The second-order valence-electron chi connectivity index (χ2n) is 5.94. The lowest BCUT2D eigenvalue weighted by atomic mass is 9.93. The first kappa shape index (κ1) is 18.4. The van der Waals surface area contributed by atoms with Gasteiger partial charge in [0.2, 0.25) is 5.91 Å². The average molecular weight is 334 g/mol. The number of carboxylic acid groups (broad SMARTS) is 1. The van der Waals surface area contributed by atoms with E-state index in [0.717, 1.165) is 12.1 Å². The number of amides is 1. The van der Waals surface area contributed by atoms with Crippen LogP contribution in [0, 0.1) is 17.0 Å². The molecule has 0 aliphatic heterocycles. The van der Waals surface area contributed by atoms with E-state index >= 15 is 0 Å². The normalized spacial score (nSPS) is 12.8. The standard InChI is InChI=1S/C15H18ClF2NO3/c1-15(2,3)14(22)19-7-6-8(13(20)21)11-10(17)5-4-9(16)12(11)18/h4-5,8H,6-7H2,1-3H3,(H,19,22)(H,20,21). The third-order valence-electron chi connectivity index (χ3n) is 3.13. The molecule has 22 heavy (non-hydrogen) atoms. The van der Waals surface area contributed by atoms with E-state index in [2.05, 4.69) is 5.32 Å². The fraction of sp³-hybridized carbons (Fsp3) is 0.467. The van der Waals surface area contributed by atoms with Crippen molar-refractivity contribution in [1.29, 1.82) is 0 Å². The highest BCUT2D eigenvalue weighted by atomic mass is 35.5. The predicted octanol–water partition coefficient (Wildman–Crippen LogP) is 3.34. The molecule has 1 amide bonds. The number of benzene rings is 1. The molecule has 122 valence electrons. The number of hydrogen-bond donors (Lipinski definition) is 2. The SMILES string of the molecule is CC(C)(C)C(=O)NCCC(C(=O)O)c1c(F)ccc(Cl)c1F. The van der Waals surface area contributed by atoms with Crippen molar-refractivity contribution < 1.29 is 23.5 Å². The minimum Gasteiger partial charge on any atom is -0.481 e. The fourth-order valence-electron chi connectivity index (χ4n) is 1.85. The molecule has 0 aliphatic rings. The van der Waals surface area contributed by atoms with Gasteiger partial charge in [-0.2, -0.15) is 0 Å². The van der Waals surface area contributed by atoms with Crippen molar-refractivity contribution in [2.75, 3.05) is 6.54 Å². The van der Waals surface area contributed by atoms with E-state index in [0.29, 0.717) is 0 Å². The van der Waals surface area contributed by atoms with Gasteiger partial charge < -0.3 is 10.4 Å². The van der Waals surface area contributed by atoms with Crippen LogP contribution in [0.4, 0.5) is 8.78 Å². The highest BCUT2D eigenvalue weighted by Gasteiger charge is 2.28. The molecule has 0 fully saturated rings. The highest BCUT2D eigenvalue weighted by molar-refractivity contribution is 6.30. The van der Waals surface area contributed by atoms with Crippen LogP contribution >= 0.6 is 11.6 Å². The second-order valence-corrected chi connectivity index (χ2v) is 6.35. The van der Waals surface area contributed by atoms with Gasteiger partial charge in [-0.25, -0.2) is 8.78 Å². The summed E-state index contributed by atoms with van der Waals surface area (Å²) in [5.74, 6) is -5.15. The Labute approximate surface area is 132 Å². The molecule has 1 unspecified atom stereocenters. The van der Waals surface area contributed by atoms with Crippen LogP contribution in [0.15, 0.2) is 12.1 Å². The summed E-state index contributed by atoms with van der Waals surface area (Å²) >= 11 is 5.57. The zero-order valence-corrected chi connectivity index (χ0v) is 13.3. The summed E-state index contributed by atoms with van der Waals surface area (Å²) in [5, 5.41) is 11.4. The topological polar surface area (TPSA) is 66.4 Å². The summed E-state index contributed by atoms with van der Waals surface area (Å²) in [7, 11) is 0. The Morgan fingerprint density at radius 2 is 1.91 bits per heavy atom. The summed E-state index contributed by atoms with van der Waals surface area (Å²) in [4.78, 5) is 23.0. The fourth-order valence-corrected chi connectivity index (χ4v) is 2.01. The Morgan fingerprint density at radius 3 is 2.41 bits per heavy atom. The number of carboxylic acids is 1. The Kier molecular flexibility index (Phi) is 5.88. The molecule has 0 aliphatic carbocycles. The van der Waals surface area contributed by atoms with Crippen molar-refractivity contribution in [2.24, 2.45) is 5.41 Å². The lowest BCUT2D eigenvalue weighted by Crippen LogP contribution is -2.36. The molecule has 0 radical (unpaired) electrons. The molecular weight excluding hydrogens is 316 g/mol. The summed E-state index contributed by atoms with van der Waals surface area (Å²) in [6.45, 7) is 5.09. The lowest BCUT2D eigenvalue weighted by Gasteiger charge is -2.19. The van der Waals surface area contributed by atoms with Crippen molar-refractivity contribution >= 4 is 23.5 Å². The molecule has 0 saturated carbocycles. The molecule has 1 rings (SSSR count). The van der Waals surface area contributed by atoms with E-state index in [-0.39, 0.29) is 23.9 Å². The second kappa shape index (κ2) is 7.05. The van der Waals surface area contributed by atoms with Gasteiger partial charge in [0.25, 0.3) is 0 Å². The van der Waals surface area contributed by atoms with Crippen molar-refractivity contribution in [3.63, 3.8) is 0 Å². The predicted molar refractivity (Wildman–Crippen MR) is 78.8 cm³/mol. The van der Waals surface area contributed by atoms with Gasteiger partial charge in [0.05, 0.1) is 10.9 Å². The Hall–Kier alpha value is -1.69. The molecule has 1 aromatic rings. The molecule has 0 aromatic heterocycles. The molecule has 2 N–H and O–H groups in total. The Balaban J connectivity index is 2.91. The zero-order valence-electron chi connectivity index (χ0n) is 12.5. The van der Waals surface area contributed by atoms with Crippen LogP contribution in [0.25, 0.3) is 0 Å². The van der Waals surface area contributed by atoms with Crippen LogP contribution < -0.4 is 5.32 Å². The van der Waals surface area contributed by atoms with E-state index in [1.807, 2.05) is 0 Å². The molecule has 0 spiro atoms. The average Bonchev–Trinajstić information content (AvgIpc) is 2.40. The summed E-state index contributed by atoms with van der Waals surface area (Å²) in [5.41, 5.74) is -1.23. The number of nitrogens with one attached hydrogen (secondary N) is 1. The Morgan fingerprint density at radius 1 is 1.32 bits per heavy atom. The number of carbonyl (C=O) groups excluding carboxylic acids is 1. The van der Waals surface area contributed by atoms with Crippen LogP contribution in [0.1, 0.15) is 38.7 Å². The van der Waals surface area contributed by atoms with Gasteiger partial charge >= 0.3 is 5.97 Å². The van der Waals surface area contributed by atoms with E-state index in [1.165, 1.54) is 0 Å². The minimum atomic E-state index is -1.43. The third kappa shape index (κ3) is 4.40. The van der Waals surface area contributed by atoms with E-state index in [1.54, 1.807) is 20.8 Å². The smallest absolute Gasteiger partial charge is 0.311 e. The van der Waals surface area contributed by atoms with Crippen LogP contribution in [0.3, 0.4) is 0 Å². The molecule has 7 heteroatoms. The monoisotopic (exact) mass is 333 g/mol. The molecular formula is C15H18ClF2NO3. The molecule has 0 bridgehead atoms. The van der Waals surface area contributed by atoms with Crippen molar-refractivity contribution in [3.8, 4) is 0 Å². The largest absolute Gasteiger partial charge is 0.481 e. The van der Waals surface area contributed by atoms with Crippen LogP contribution in [-0.4, -0.2) is 23.5 Å². The zero-order chi connectivity index (χ0) is 17.1. The van der Waals surface area contributed by atoms with Gasteiger partial charge in [-0.15, -0.1) is 0 Å². The molecule has 0 saturated heterocycles. The first-order chi connectivity index (χ1) is 10.1. The van der Waals surface area contributed by atoms with Gasteiger partial charge in [0.1, 0.15) is 11.6 Å². The number of halogens is 3. The van der Waals surface area contributed by atoms with Crippen LogP contribution in [0.2, 0.25) is 5.02 Å². The molecule has 1 aromatic carbocycles. The third-order valence-corrected chi connectivity index (χ3v) is 3.42. The molecule has 1 atom stereocenters. The Bertz CT molecular complexity index is 585. The quantitative estimate of drug-likeness (QED) is 0.812. The molecule has 4 nitrogen and oxygen atoms in total. The number of hydrogen-bond acceptors (Lipinski definition) is 2. The van der Waals surface area contributed by atoms with Crippen LogP contribution in [-0.2, 0) is 9.59 Å². The minimum absolute atomic E-state index is 0.0154. The maximum atomic E-state index is 13.9. The summed E-state index contributed by atoms with van der Waals surface area (Å²) in [6.07, 6.45) is -0.147. The highest BCUT2D eigenvalue weighted by Crippen LogP contribution is 2.30. The van der Waals surface area contributed by atoms with Gasteiger partial charge in [-0.05, 0) is 18.6 Å². The van der Waals surface area contributed by atoms with Crippen LogP contribution in [0.5, 0.6) is 0 Å². The van der Waals surface area contributed by atoms with Gasteiger partial charge in [0, 0.05) is 17.5 Å². The maximum absolute atomic E-state index is 13.9. The van der Waals surface area contributed by atoms with Gasteiger partial charge in [-0.3, -0.25) is 9.59 Å². The number of aliphatic carboxylic acids is 1. The number of carbonyl (C=O) groups is 2. The van der Waals surface area contributed by atoms with E-state index in [9.17, 15) is 23.5 Å². The van der Waals surface area contributed by atoms with E-state index in [4.69, 9.17) is 11.6 Å². The maximum Gasteiger partial charge on any atom is 0.311 e. The number of rotatable bonds is 5. The molecule has 0 heterocycles. The van der Waals surface area contributed by atoms with Crippen molar-refractivity contribution in [2.45, 2.75) is 33.1 Å². The summed E-state index contributed by atoms with van der Waals surface area (Å²) in [6, 6.07) is 1.94.